The van der Waals surface area contributed by atoms with Crippen LogP contribution in [-0.4, -0.2) is 7.05 Å². The highest BCUT2D eigenvalue weighted by Crippen LogP contribution is 2.29. The smallest absolute Gasteiger partial charge is 0.123 e. The van der Waals surface area contributed by atoms with Crippen molar-refractivity contribution in [1.29, 1.82) is 0 Å². The second-order valence-electron chi connectivity index (χ2n) is 4.39. The van der Waals surface area contributed by atoms with Gasteiger partial charge in [0.2, 0.25) is 0 Å². The fraction of sp³-hybridized carbons (Fsp3) is 0.200. The number of nitrogens with one attached hydrogen (secondary N) is 1. The topological polar surface area (TPSA) is 12.0 Å². The Morgan fingerprint density at radius 2 is 1.56 bits per heavy atom. The summed E-state index contributed by atoms with van der Waals surface area (Å²) in [6.45, 7) is 1.94. The van der Waals surface area contributed by atoms with Crippen LogP contribution in [-0.2, 0) is 5.54 Å². The van der Waals surface area contributed by atoms with Gasteiger partial charge in [0.05, 0.1) is 5.54 Å². The molecule has 0 aliphatic rings. The van der Waals surface area contributed by atoms with E-state index in [4.69, 9.17) is 0 Å². The highest BCUT2D eigenvalue weighted by molar-refractivity contribution is 5.37. The molecule has 0 amide bonds. The van der Waals surface area contributed by atoms with Crippen LogP contribution in [0.1, 0.15) is 18.1 Å². The van der Waals surface area contributed by atoms with Crippen LogP contribution in [0.3, 0.4) is 0 Å². The van der Waals surface area contributed by atoms with Crippen molar-refractivity contribution in [3.8, 4) is 0 Å². The predicted octanol–water partition coefficient (Wildman–Crippen LogP) is 3.45. The van der Waals surface area contributed by atoms with Gasteiger partial charge in [-0.2, -0.15) is 0 Å². The van der Waals surface area contributed by atoms with E-state index in [1.807, 2.05) is 13.0 Å². The predicted molar refractivity (Wildman–Crippen MR) is 68.3 cm³/mol. The normalized spacial score (nSPS) is 14.2. The largest absolute Gasteiger partial charge is 0.307 e. The van der Waals surface area contributed by atoms with Crippen LogP contribution >= 0.6 is 0 Å². The average Bonchev–Trinajstić information content (AvgIpc) is 2.38. The van der Waals surface area contributed by atoms with Crippen LogP contribution in [0.4, 0.5) is 8.78 Å². The number of halogens is 2. The molecule has 1 unspecified atom stereocenters. The van der Waals surface area contributed by atoms with E-state index in [0.717, 1.165) is 11.1 Å². The standard InChI is InChI=1S/C15H15F2N/c1-15(18-2,11-6-8-13(16)9-7-11)12-4-3-5-14(17)10-12/h3-10,18H,1-2H3. The SMILES string of the molecule is CNC(C)(c1ccc(F)cc1)c1cccc(F)c1. The zero-order valence-corrected chi connectivity index (χ0v) is 10.4. The van der Waals surface area contributed by atoms with Gasteiger partial charge in [0.15, 0.2) is 0 Å². The van der Waals surface area contributed by atoms with E-state index in [-0.39, 0.29) is 11.6 Å². The molecule has 0 bridgehead atoms. The van der Waals surface area contributed by atoms with E-state index in [1.165, 1.54) is 24.3 Å². The Morgan fingerprint density at radius 3 is 2.11 bits per heavy atom. The average molecular weight is 247 g/mol. The molecule has 0 heterocycles. The maximum absolute atomic E-state index is 13.3. The van der Waals surface area contributed by atoms with Gasteiger partial charge in [0.25, 0.3) is 0 Å². The quantitative estimate of drug-likeness (QED) is 0.876. The van der Waals surface area contributed by atoms with Gasteiger partial charge < -0.3 is 5.32 Å². The molecule has 1 nitrogen and oxygen atoms in total. The molecule has 94 valence electrons. The molecule has 2 rings (SSSR count). The monoisotopic (exact) mass is 247 g/mol. The van der Waals surface area contributed by atoms with E-state index in [1.54, 1.807) is 25.2 Å². The molecule has 1 atom stereocenters. The first-order chi connectivity index (χ1) is 8.56. The Morgan fingerprint density at radius 1 is 0.889 bits per heavy atom. The third kappa shape index (κ3) is 2.27. The van der Waals surface area contributed by atoms with Crippen LogP contribution in [0.2, 0.25) is 0 Å². The second kappa shape index (κ2) is 4.86. The number of rotatable bonds is 3. The van der Waals surface area contributed by atoms with Gasteiger partial charge in [-0.05, 0) is 49.4 Å². The van der Waals surface area contributed by atoms with Crippen LogP contribution in [0.25, 0.3) is 0 Å². The van der Waals surface area contributed by atoms with Crippen molar-refractivity contribution in [2.45, 2.75) is 12.5 Å². The van der Waals surface area contributed by atoms with Gasteiger partial charge in [0.1, 0.15) is 11.6 Å². The van der Waals surface area contributed by atoms with Crippen molar-refractivity contribution in [1.82, 2.24) is 5.32 Å². The Balaban J connectivity index is 2.51. The van der Waals surface area contributed by atoms with E-state index in [9.17, 15) is 8.78 Å². The highest BCUT2D eigenvalue weighted by atomic mass is 19.1. The molecule has 0 fully saturated rings. The Bertz CT molecular complexity index is 536. The molecule has 0 aliphatic heterocycles. The van der Waals surface area contributed by atoms with Gasteiger partial charge in [-0.3, -0.25) is 0 Å². The number of hydrogen-bond donors (Lipinski definition) is 1. The molecule has 0 radical (unpaired) electrons. The van der Waals surface area contributed by atoms with Crippen LogP contribution in [0, 0.1) is 11.6 Å². The summed E-state index contributed by atoms with van der Waals surface area (Å²) in [5.41, 5.74) is 1.14. The summed E-state index contributed by atoms with van der Waals surface area (Å²) >= 11 is 0. The van der Waals surface area contributed by atoms with Crippen LogP contribution in [0.5, 0.6) is 0 Å². The molecule has 0 saturated heterocycles. The lowest BCUT2D eigenvalue weighted by Crippen LogP contribution is -2.38. The highest BCUT2D eigenvalue weighted by Gasteiger charge is 2.27. The number of benzene rings is 2. The molecule has 0 aromatic heterocycles. The first-order valence-corrected chi connectivity index (χ1v) is 5.77. The van der Waals surface area contributed by atoms with Crippen LogP contribution in [0.15, 0.2) is 48.5 Å². The Labute approximate surface area is 105 Å². The molecule has 18 heavy (non-hydrogen) atoms. The lowest BCUT2D eigenvalue weighted by atomic mass is 9.85. The summed E-state index contributed by atoms with van der Waals surface area (Å²) in [5, 5.41) is 3.17. The molecule has 2 aromatic carbocycles. The minimum absolute atomic E-state index is 0.281. The third-order valence-electron chi connectivity index (χ3n) is 3.32. The van der Waals surface area contributed by atoms with Gasteiger partial charge in [-0.15, -0.1) is 0 Å². The minimum atomic E-state index is -0.546. The van der Waals surface area contributed by atoms with Crippen molar-refractivity contribution < 1.29 is 8.78 Å². The molecule has 0 spiro atoms. The zero-order chi connectivity index (χ0) is 13.2. The summed E-state index contributed by atoms with van der Waals surface area (Å²) < 4.78 is 26.3. The van der Waals surface area contributed by atoms with Crippen LogP contribution < -0.4 is 5.32 Å². The van der Waals surface area contributed by atoms with Crippen molar-refractivity contribution in [3.05, 3.63) is 71.3 Å². The summed E-state index contributed by atoms with van der Waals surface area (Å²) in [7, 11) is 1.80. The van der Waals surface area contributed by atoms with Crippen molar-refractivity contribution in [2.24, 2.45) is 0 Å². The fourth-order valence-corrected chi connectivity index (χ4v) is 2.04. The van der Waals surface area contributed by atoms with Crippen molar-refractivity contribution in [2.75, 3.05) is 7.05 Å². The molecular formula is C15H15F2N. The van der Waals surface area contributed by atoms with E-state index in [0.29, 0.717) is 0 Å². The summed E-state index contributed by atoms with van der Waals surface area (Å²) in [6, 6.07) is 12.6. The molecule has 0 saturated carbocycles. The molecule has 0 aliphatic carbocycles. The maximum atomic E-state index is 13.3. The second-order valence-corrected chi connectivity index (χ2v) is 4.39. The number of hydrogen-bond acceptors (Lipinski definition) is 1. The molecule has 2 aromatic rings. The van der Waals surface area contributed by atoms with Gasteiger partial charge >= 0.3 is 0 Å². The van der Waals surface area contributed by atoms with Crippen molar-refractivity contribution in [3.63, 3.8) is 0 Å². The van der Waals surface area contributed by atoms with Gasteiger partial charge in [0, 0.05) is 0 Å². The maximum Gasteiger partial charge on any atom is 0.123 e. The van der Waals surface area contributed by atoms with E-state index < -0.39 is 5.54 Å². The molecule has 3 heteroatoms. The molecule has 1 N–H and O–H groups in total. The Hall–Kier alpha value is -1.74. The van der Waals surface area contributed by atoms with E-state index in [2.05, 4.69) is 5.32 Å². The summed E-state index contributed by atoms with van der Waals surface area (Å²) in [5.74, 6) is -0.562. The summed E-state index contributed by atoms with van der Waals surface area (Å²) in [6.07, 6.45) is 0. The zero-order valence-electron chi connectivity index (χ0n) is 10.4. The van der Waals surface area contributed by atoms with Gasteiger partial charge in [-0.25, -0.2) is 8.78 Å². The molecular weight excluding hydrogens is 232 g/mol. The fourth-order valence-electron chi connectivity index (χ4n) is 2.04. The third-order valence-corrected chi connectivity index (χ3v) is 3.32. The van der Waals surface area contributed by atoms with Crippen molar-refractivity contribution >= 4 is 0 Å². The van der Waals surface area contributed by atoms with Gasteiger partial charge in [-0.1, -0.05) is 24.3 Å². The Kier molecular flexibility index (Phi) is 3.43. The lowest BCUT2D eigenvalue weighted by molar-refractivity contribution is 0.479. The minimum Gasteiger partial charge on any atom is -0.307 e. The summed E-state index contributed by atoms with van der Waals surface area (Å²) in [4.78, 5) is 0. The first-order valence-electron chi connectivity index (χ1n) is 5.77. The lowest BCUT2D eigenvalue weighted by Gasteiger charge is -2.30. The first kappa shape index (κ1) is 12.7. The van der Waals surface area contributed by atoms with E-state index >= 15 is 0 Å².